The molecule has 0 spiro atoms. The zero-order valence-corrected chi connectivity index (χ0v) is 11.4. The number of likely N-dealkylation sites (tertiary alicyclic amines) is 1. The quantitative estimate of drug-likeness (QED) is 0.807. The highest BCUT2D eigenvalue weighted by atomic mass is 79.9. The maximum Gasteiger partial charge on any atom is 0.199 e. The lowest BCUT2D eigenvalue weighted by atomic mass is 9.99. The standard InChI is InChI=1S/C13H15BrN2O/c1-16-6-2-3-9(8-16)13-15-11-7-10(14)4-5-12(11)17-13/h4-5,7,9H,2-3,6,8H2,1H3. The third kappa shape index (κ3) is 2.24. The van der Waals surface area contributed by atoms with E-state index in [4.69, 9.17) is 4.42 Å². The van der Waals surface area contributed by atoms with E-state index in [1.807, 2.05) is 18.2 Å². The summed E-state index contributed by atoms with van der Waals surface area (Å²) in [4.78, 5) is 6.95. The van der Waals surface area contributed by atoms with Crippen LogP contribution in [0.15, 0.2) is 27.1 Å². The fraction of sp³-hybridized carbons (Fsp3) is 0.462. The Bertz CT molecular complexity index is 537. The molecule has 1 unspecified atom stereocenters. The first kappa shape index (κ1) is 11.2. The smallest absolute Gasteiger partial charge is 0.199 e. The molecule has 1 saturated heterocycles. The van der Waals surface area contributed by atoms with Crippen LogP contribution in [-0.2, 0) is 0 Å². The van der Waals surface area contributed by atoms with Crippen molar-refractivity contribution < 1.29 is 4.42 Å². The average molecular weight is 295 g/mol. The van der Waals surface area contributed by atoms with Gasteiger partial charge in [-0.2, -0.15) is 0 Å². The molecular formula is C13H15BrN2O. The van der Waals surface area contributed by atoms with Crippen molar-refractivity contribution in [2.45, 2.75) is 18.8 Å². The minimum absolute atomic E-state index is 0.444. The first-order valence-corrected chi connectivity index (χ1v) is 6.76. The van der Waals surface area contributed by atoms with Gasteiger partial charge in [-0.05, 0) is 44.6 Å². The van der Waals surface area contributed by atoms with Gasteiger partial charge in [0.1, 0.15) is 5.52 Å². The van der Waals surface area contributed by atoms with E-state index in [2.05, 4.69) is 32.9 Å². The lowest BCUT2D eigenvalue weighted by molar-refractivity contribution is 0.232. The van der Waals surface area contributed by atoms with Crippen LogP contribution < -0.4 is 0 Å². The van der Waals surface area contributed by atoms with Gasteiger partial charge >= 0.3 is 0 Å². The van der Waals surface area contributed by atoms with E-state index in [0.29, 0.717) is 5.92 Å². The van der Waals surface area contributed by atoms with Crippen molar-refractivity contribution in [1.82, 2.24) is 9.88 Å². The summed E-state index contributed by atoms with van der Waals surface area (Å²) in [5.74, 6) is 1.34. The Morgan fingerprint density at radius 1 is 1.47 bits per heavy atom. The van der Waals surface area contributed by atoms with Crippen molar-refractivity contribution in [3.05, 3.63) is 28.6 Å². The first-order valence-electron chi connectivity index (χ1n) is 5.97. The van der Waals surface area contributed by atoms with Crippen LogP contribution in [0, 0.1) is 0 Å². The maximum atomic E-state index is 5.85. The number of aromatic nitrogens is 1. The summed E-state index contributed by atoms with van der Waals surface area (Å²) in [5, 5.41) is 0. The van der Waals surface area contributed by atoms with E-state index < -0.39 is 0 Å². The molecule has 0 aliphatic carbocycles. The highest BCUT2D eigenvalue weighted by Crippen LogP contribution is 2.29. The number of nitrogens with zero attached hydrogens (tertiary/aromatic N) is 2. The summed E-state index contributed by atoms with van der Waals surface area (Å²) < 4.78 is 6.90. The Hall–Kier alpha value is -0.870. The molecule has 1 aliphatic heterocycles. The summed E-state index contributed by atoms with van der Waals surface area (Å²) in [7, 11) is 2.16. The number of likely N-dealkylation sites (N-methyl/N-ethyl adjacent to an activating group) is 1. The number of fused-ring (bicyclic) bond motifs is 1. The fourth-order valence-corrected chi connectivity index (χ4v) is 2.81. The van der Waals surface area contributed by atoms with Gasteiger partial charge < -0.3 is 9.32 Å². The van der Waals surface area contributed by atoms with Gasteiger partial charge in [-0.25, -0.2) is 4.98 Å². The van der Waals surface area contributed by atoms with Crippen LogP contribution in [0.4, 0.5) is 0 Å². The Morgan fingerprint density at radius 2 is 2.35 bits per heavy atom. The highest BCUT2D eigenvalue weighted by molar-refractivity contribution is 9.10. The van der Waals surface area contributed by atoms with Gasteiger partial charge in [0.05, 0.1) is 0 Å². The van der Waals surface area contributed by atoms with Crippen LogP contribution in [0.25, 0.3) is 11.1 Å². The second-order valence-corrected chi connectivity index (χ2v) is 5.68. The molecule has 4 heteroatoms. The topological polar surface area (TPSA) is 29.3 Å². The van der Waals surface area contributed by atoms with Gasteiger partial charge in [-0.3, -0.25) is 0 Å². The number of piperidine rings is 1. The Labute approximate surface area is 109 Å². The van der Waals surface area contributed by atoms with Gasteiger partial charge in [0.15, 0.2) is 11.5 Å². The molecule has 3 rings (SSSR count). The van der Waals surface area contributed by atoms with Crippen LogP contribution in [0.5, 0.6) is 0 Å². The van der Waals surface area contributed by atoms with Crippen molar-refractivity contribution in [3.63, 3.8) is 0 Å². The summed E-state index contributed by atoms with van der Waals surface area (Å²) >= 11 is 3.46. The molecule has 1 aromatic heterocycles. The van der Waals surface area contributed by atoms with E-state index in [0.717, 1.165) is 28.0 Å². The molecular weight excluding hydrogens is 280 g/mol. The molecule has 2 aromatic rings. The summed E-state index contributed by atoms with van der Waals surface area (Å²) in [6, 6.07) is 5.97. The van der Waals surface area contributed by atoms with E-state index >= 15 is 0 Å². The number of hydrogen-bond donors (Lipinski definition) is 0. The van der Waals surface area contributed by atoms with Crippen molar-refractivity contribution in [2.75, 3.05) is 20.1 Å². The molecule has 0 N–H and O–H groups in total. The molecule has 1 atom stereocenters. The summed E-state index contributed by atoms with van der Waals surface area (Å²) in [6.45, 7) is 2.23. The van der Waals surface area contributed by atoms with Gasteiger partial charge in [0.25, 0.3) is 0 Å². The number of oxazole rings is 1. The van der Waals surface area contributed by atoms with Gasteiger partial charge in [0.2, 0.25) is 0 Å². The predicted molar refractivity (Wildman–Crippen MR) is 71.2 cm³/mol. The Morgan fingerprint density at radius 3 is 3.18 bits per heavy atom. The lowest BCUT2D eigenvalue weighted by Crippen LogP contribution is -2.30. The zero-order valence-electron chi connectivity index (χ0n) is 9.82. The second kappa shape index (κ2) is 4.42. The number of rotatable bonds is 1. The molecule has 1 aliphatic rings. The van der Waals surface area contributed by atoms with Crippen molar-refractivity contribution in [2.24, 2.45) is 0 Å². The Balaban J connectivity index is 1.94. The van der Waals surface area contributed by atoms with Crippen LogP contribution >= 0.6 is 15.9 Å². The minimum atomic E-state index is 0.444. The van der Waals surface area contributed by atoms with Crippen molar-refractivity contribution >= 4 is 27.0 Å². The van der Waals surface area contributed by atoms with Crippen molar-refractivity contribution in [3.8, 4) is 0 Å². The van der Waals surface area contributed by atoms with Gasteiger partial charge in [-0.15, -0.1) is 0 Å². The zero-order chi connectivity index (χ0) is 11.8. The Kier molecular flexibility index (Phi) is 2.92. The molecule has 0 radical (unpaired) electrons. The van der Waals surface area contributed by atoms with Crippen LogP contribution in [0.3, 0.4) is 0 Å². The molecule has 17 heavy (non-hydrogen) atoms. The first-order chi connectivity index (χ1) is 8.22. The van der Waals surface area contributed by atoms with Crippen LogP contribution in [0.2, 0.25) is 0 Å². The molecule has 0 bridgehead atoms. The lowest BCUT2D eigenvalue weighted by Gasteiger charge is -2.27. The summed E-state index contributed by atoms with van der Waals surface area (Å²) in [6.07, 6.45) is 2.40. The van der Waals surface area contributed by atoms with Gasteiger partial charge in [0, 0.05) is 16.9 Å². The predicted octanol–water partition coefficient (Wildman–Crippen LogP) is 3.40. The number of halogens is 1. The van der Waals surface area contributed by atoms with E-state index in [1.165, 1.54) is 19.4 Å². The molecule has 0 saturated carbocycles. The third-order valence-electron chi connectivity index (χ3n) is 3.34. The number of hydrogen-bond acceptors (Lipinski definition) is 3. The van der Waals surface area contributed by atoms with Gasteiger partial charge in [-0.1, -0.05) is 15.9 Å². The molecule has 1 fully saturated rings. The molecule has 90 valence electrons. The van der Waals surface area contributed by atoms with Crippen LogP contribution in [0.1, 0.15) is 24.7 Å². The monoisotopic (exact) mass is 294 g/mol. The minimum Gasteiger partial charge on any atom is -0.440 e. The van der Waals surface area contributed by atoms with E-state index in [9.17, 15) is 0 Å². The third-order valence-corrected chi connectivity index (χ3v) is 3.83. The highest BCUT2D eigenvalue weighted by Gasteiger charge is 2.23. The largest absolute Gasteiger partial charge is 0.440 e. The second-order valence-electron chi connectivity index (χ2n) is 4.77. The average Bonchev–Trinajstić information content (AvgIpc) is 2.72. The summed E-state index contributed by atoms with van der Waals surface area (Å²) in [5.41, 5.74) is 1.83. The number of benzene rings is 1. The van der Waals surface area contributed by atoms with Crippen LogP contribution in [-0.4, -0.2) is 30.0 Å². The normalized spacial score (nSPS) is 22.1. The molecule has 2 heterocycles. The fourth-order valence-electron chi connectivity index (χ4n) is 2.46. The van der Waals surface area contributed by atoms with E-state index in [-0.39, 0.29) is 0 Å². The molecule has 3 nitrogen and oxygen atoms in total. The SMILES string of the molecule is CN1CCCC(c2nc3cc(Br)ccc3o2)C1. The van der Waals surface area contributed by atoms with Crippen molar-refractivity contribution in [1.29, 1.82) is 0 Å². The molecule has 1 aromatic carbocycles. The molecule has 0 amide bonds. The van der Waals surface area contributed by atoms with E-state index in [1.54, 1.807) is 0 Å². The maximum absolute atomic E-state index is 5.85.